The summed E-state index contributed by atoms with van der Waals surface area (Å²) in [5, 5.41) is 12.5. The number of hydrogen-bond acceptors (Lipinski definition) is 4. The second-order valence-electron chi connectivity index (χ2n) is 4.52. The largest absolute Gasteiger partial charge is 0.419 e. The molecule has 5 nitrogen and oxygen atoms in total. The fourth-order valence-corrected chi connectivity index (χ4v) is 1.82. The lowest BCUT2D eigenvalue weighted by atomic mass is 10.2. The van der Waals surface area contributed by atoms with Crippen molar-refractivity contribution < 1.29 is 13.2 Å². The van der Waals surface area contributed by atoms with E-state index in [1.165, 1.54) is 12.3 Å². The Hall–Kier alpha value is -2.09. The average Bonchev–Trinajstić information content (AvgIpc) is 2.83. The van der Waals surface area contributed by atoms with Crippen LogP contribution in [0.2, 0.25) is 0 Å². The zero-order valence-corrected chi connectivity index (χ0v) is 11.5. The van der Waals surface area contributed by atoms with Crippen molar-refractivity contribution in [1.82, 2.24) is 20.5 Å². The van der Waals surface area contributed by atoms with Crippen LogP contribution in [0.15, 0.2) is 24.5 Å². The highest BCUT2D eigenvalue weighted by Gasteiger charge is 2.33. The van der Waals surface area contributed by atoms with Crippen molar-refractivity contribution in [2.24, 2.45) is 0 Å². The maximum Gasteiger partial charge on any atom is 0.419 e. The molecule has 0 spiro atoms. The molecule has 0 saturated heterocycles. The van der Waals surface area contributed by atoms with E-state index in [1.807, 2.05) is 6.92 Å². The molecule has 0 unspecified atom stereocenters. The van der Waals surface area contributed by atoms with Crippen LogP contribution in [0.5, 0.6) is 0 Å². The van der Waals surface area contributed by atoms with E-state index in [-0.39, 0.29) is 5.82 Å². The predicted molar refractivity (Wildman–Crippen MR) is 72.8 cm³/mol. The number of H-pyrrole nitrogens is 1. The Bertz CT molecular complexity index is 579. The van der Waals surface area contributed by atoms with Crippen LogP contribution in [0.3, 0.4) is 0 Å². The van der Waals surface area contributed by atoms with Gasteiger partial charge in [-0.05, 0) is 19.1 Å². The first-order chi connectivity index (χ1) is 9.98. The minimum Gasteiger partial charge on any atom is -0.368 e. The van der Waals surface area contributed by atoms with Gasteiger partial charge in [-0.1, -0.05) is 0 Å². The van der Waals surface area contributed by atoms with E-state index in [4.69, 9.17) is 0 Å². The number of hydrogen-bond donors (Lipinski definition) is 3. The SMILES string of the molecule is Cc1[nH]ncc1CNCCNc1ncccc1C(F)(F)F. The van der Waals surface area contributed by atoms with Gasteiger partial charge in [-0.15, -0.1) is 0 Å². The summed E-state index contributed by atoms with van der Waals surface area (Å²) < 4.78 is 38.2. The smallest absolute Gasteiger partial charge is 0.368 e. The Morgan fingerprint density at radius 2 is 2.10 bits per heavy atom. The van der Waals surface area contributed by atoms with Crippen LogP contribution in [0, 0.1) is 6.92 Å². The Morgan fingerprint density at radius 1 is 1.29 bits per heavy atom. The zero-order chi connectivity index (χ0) is 15.3. The fourth-order valence-electron chi connectivity index (χ4n) is 1.82. The van der Waals surface area contributed by atoms with Crippen molar-refractivity contribution in [1.29, 1.82) is 0 Å². The number of anilines is 1. The molecule has 2 aromatic heterocycles. The Kier molecular flexibility index (Phi) is 4.79. The molecule has 0 aliphatic heterocycles. The van der Waals surface area contributed by atoms with Crippen molar-refractivity contribution in [2.45, 2.75) is 19.6 Å². The monoisotopic (exact) mass is 299 g/mol. The molecule has 2 rings (SSSR count). The zero-order valence-electron chi connectivity index (χ0n) is 11.5. The minimum absolute atomic E-state index is 0.147. The number of aryl methyl sites for hydroxylation is 1. The van der Waals surface area contributed by atoms with Gasteiger partial charge in [0.25, 0.3) is 0 Å². The summed E-state index contributed by atoms with van der Waals surface area (Å²) in [6, 6.07) is 2.28. The summed E-state index contributed by atoms with van der Waals surface area (Å²) >= 11 is 0. The maximum atomic E-state index is 12.7. The van der Waals surface area contributed by atoms with Gasteiger partial charge in [-0.2, -0.15) is 18.3 Å². The van der Waals surface area contributed by atoms with E-state index >= 15 is 0 Å². The van der Waals surface area contributed by atoms with E-state index in [0.717, 1.165) is 17.3 Å². The van der Waals surface area contributed by atoms with Crippen LogP contribution < -0.4 is 10.6 Å². The molecule has 0 aliphatic carbocycles. The molecule has 0 amide bonds. The summed E-state index contributed by atoms with van der Waals surface area (Å²) in [5.74, 6) is -0.147. The number of pyridine rings is 1. The van der Waals surface area contributed by atoms with E-state index < -0.39 is 11.7 Å². The van der Waals surface area contributed by atoms with Gasteiger partial charge in [-0.25, -0.2) is 4.98 Å². The molecule has 114 valence electrons. The third-order valence-electron chi connectivity index (χ3n) is 2.96. The highest BCUT2D eigenvalue weighted by molar-refractivity contribution is 5.45. The van der Waals surface area contributed by atoms with Crippen molar-refractivity contribution in [3.63, 3.8) is 0 Å². The number of nitrogens with one attached hydrogen (secondary N) is 3. The highest BCUT2D eigenvalue weighted by Crippen LogP contribution is 2.33. The van der Waals surface area contributed by atoms with Gasteiger partial charge in [-0.3, -0.25) is 5.10 Å². The van der Waals surface area contributed by atoms with Crippen molar-refractivity contribution in [2.75, 3.05) is 18.4 Å². The second-order valence-corrected chi connectivity index (χ2v) is 4.52. The first-order valence-electron chi connectivity index (χ1n) is 6.44. The summed E-state index contributed by atoms with van der Waals surface area (Å²) in [7, 11) is 0. The summed E-state index contributed by atoms with van der Waals surface area (Å²) in [6.07, 6.45) is -1.35. The van der Waals surface area contributed by atoms with Gasteiger partial charge in [0.05, 0.1) is 11.8 Å². The average molecular weight is 299 g/mol. The number of alkyl halides is 3. The molecule has 2 heterocycles. The van der Waals surface area contributed by atoms with Gasteiger partial charge in [0.1, 0.15) is 5.82 Å². The van der Waals surface area contributed by atoms with E-state index in [0.29, 0.717) is 19.6 Å². The third-order valence-corrected chi connectivity index (χ3v) is 2.96. The van der Waals surface area contributed by atoms with Gasteiger partial charge >= 0.3 is 6.18 Å². The molecule has 0 aliphatic rings. The third kappa shape index (κ3) is 4.19. The second kappa shape index (κ2) is 6.57. The van der Waals surface area contributed by atoms with Crippen molar-refractivity contribution in [3.8, 4) is 0 Å². The topological polar surface area (TPSA) is 65.6 Å². The number of aromatic amines is 1. The first kappa shape index (κ1) is 15.3. The number of aromatic nitrogens is 3. The number of nitrogens with zero attached hydrogens (tertiary/aromatic N) is 2. The molecule has 0 aromatic carbocycles. The van der Waals surface area contributed by atoms with Crippen LogP contribution in [0.25, 0.3) is 0 Å². The quantitative estimate of drug-likeness (QED) is 0.716. The minimum atomic E-state index is -4.40. The van der Waals surface area contributed by atoms with E-state index in [9.17, 15) is 13.2 Å². The number of halogens is 3. The van der Waals surface area contributed by atoms with Gasteiger partial charge in [0.2, 0.25) is 0 Å². The first-order valence-corrected chi connectivity index (χ1v) is 6.44. The fraction of sp³-hybridized carbons (Fsp3) is 0.385. The molecule has 0 fully saturated rings. The van der Waals surface area contributed by atoms with Gasteiger partial charge < -0.3 is 10.6 Å². The molecule has 0 saturated carbocycles. The molecular formula is C13H16F3N5. The molecule has 0 bridgehead atoms. The number of rotatable bonds is 6. The van der Waals surface area contributed by atoms with Gasteiger partial charge in [0.15, 0.2) is 0 Å². The lowest BCUT2D eigenvalue weighted by Gasteiger charge is -2.13. The van der Waals surface area contributed by atoms with Crippen molar-refractivity contribution in [3.05, 3.63) is 41.3 Å². The summed E-state index contributed by atoms with van der Waals surface area (Å²) in [6.45, 7) is 3.37. The Morgan fingerprint density at radius 3 is 2.76 bits per heavy atom. The molecule has 0 radical (unpaired) electrons. The lowest BCUT2D eigenvalue weighted by Crippen LogP contribution is -2.23. The van der Waals surface area contributed by atoms with Gasteiger partial charge in [0, 0.05) is 37.1 Å². The van der Waals surface area contributed by atoms with E-state index in [2.05, 4.69) is 25.8 Å². The molecule has 8 heteroatoms. The maximum absolute atomic E-state index is 12.7. The van der Waals surface area contributed by atoms with Crippen LogP contribution >= 0.6 is 0 Å². The summed E-state index contributed by atoms with van der Waals surface area (Å²) in [5.41, 5.74) is 1.25. The lowest BCUT2D eigenvalue weighted by molar-refractivity contribution is -0.137. The molecule has 3 N–H and O–H groups in total. The van der Waals surface area contributed by atoms with Crippen LogP contribution in [-0.2, 0) is 12.7 Å². The highest BCUT2D eigenvalue weighted by atomic mass is 19.4. The van der Waals surface area contributed by atoms with Crippen LogP contribution in [0.1, 0.15) is 16.8 Å². The molecule has 21 heavy (non-hydrogen) atoms. The summed E-state index contributed by atoms with van der Waals surface area (Å²) in [4.78, 5) is 3.73. The standard InChI is InChI=1S/C13H16F3N5/c1-9-10(8-20-21-9)7-17-5-6-19-12-11(13(14,15)16)3-2-4-18-12/h2-4,8,17H,5-7H2,1H3,(H,18,19)(H,20,21). The molecular weight excluding hydrogens is 283 g/mol. The van der Waals surface area contributed by atoms with E-state index in [1.54, 1.807) is 6.20 Å². The van der Waals surface area contributed by atoms with Crippen molar-refractivity contribution >= 4 is 5.82 Å². The molecule has 0 atom stereocenters. The molecule has 2 aromatic rings. The van der Waals surface area contributed by atoms with Crippen LogP contribution in [0.4, 0.5) is 19.0 Å². The Labute approximate surface area is 120 Å². The predicted octanol–water partition coefficient (Wildman–Crippen LogP) is 2.33. The van der Waals surface area contributed by atoms with Crippen LogP contribution in [-0.4, -0.2) is 28.3 Å². The normalized spacial score (nSPS) is 11.6. The Balaban J connectivity index is 1.80.